The van der Waals surface area contributed by atoms with Gasteiger partial charge in [0.05, 0.1) is 11.8 Å². The number of hydrogen-bond donors (Lipinski definition) is 1. The standard InChI is InChI=1S/C16H20N4O3S/c1-9(2)7-12(13(21)18-16-19-17-8-24-16)20-14(22)10-5-3-4-6-11(10)15(20)23/h3-4,8-12H,5-7H2,1-2H3,(H,18,19,21). The van der Waals surface area contributed by atoms with Gasteiger partial charge < -0.3 is 0 Å². The van der Waals surface area contributed by atoms with Crippen LogP contribution in [0, 0.1) is 17.8 Å². The topological polar surface area (TPSA) is 92.3 Å². The third-order valence-corrected chi connectivity index (χ3v) is 5.05. The maximum absolute atomic E-state index is 12.7. The van der Waals surface area contributed by atoms with Crippen LogP contribution >= 0.6 is 11.3 Å². The number of carbonyl (C=O) groups excluding carboxylic acids is 3. The molecule has 1 aromatic heterocycles. The molecule has 24 heavy (non-hydrogen) atoms. The Balaban J connectivity index is 1.84. The van der Waals surface area contributed by atoms with Crippen LogP contribution in [-0.4, -0.2) is 38.9 Å². The summed E-state index contributed by atoms with van der Waals surface area (Å²) in [6.45, 7) is 3.93. The van der Waals surface area contributed by atoms with E-state index in [1.807, 2.05) is 26.0 Å². The van der Waals surface area contributed by atoms with E-state index in [1.165, 1.54) is 21.7 Å². The summed E-state index contributed by atoms with van der Waals surface area (Å²) < 4.78 is 0. The third-order valence-electron chi connectivity index (χ3n) is 4.44. The maximum Gasteiger partial charge on any atom is 0.249 e. The van der Waals surface area contributed by atoms with Gasteiger partial charge in [0.2, 0.25) is 22.9 Å². The first-order chi connectivity index (χ1) is 11.5. The maximum atomic E-state index is 12.7. The van der Waals surface area contributed by atoms with Crippen molar-refractivity contribution in [3.05, 3.63) is 17.7 Å². The SMILES string of the molecule is CC(C)CC(C(=O)Nc1nncs1)N1C(=O)C2CC=CCC2C1=O. The Morgan fingerprint density at radius 1 is 1.29 bits per heavy atom. The Morgan fingerprint density at radius 3 is 2.42 bits per heavy atom. The molecule has 7 nitrogen and oxygen atoms in total. The van der Waals surface area contributed by atoms with Crippen molar-refractivity contribution >= 4 is 34.2 Å². The highest BCUT2D eigenvalue weighted by atomic mass is 32.1. The van der Waals surface area contributed by atoms with Crippen molar-refractivity contribution in [3.63, 3.8) is 0 Å². The highest BCUT2D eigenvalue weighted by molar-refractivity contribution is 7.13. The second kappa shape index (κ2) is 6.80. The second-order valence-corrected chi connectivity index (χ2v) is 7.41. The molecule has 8 heteroatoms. The minimum atomic E-state index is -0.806. The monoisotopic (exact) mass is 348 g/mol. The number of carbonyl (C=O) groups is 3. The normalized spacial score (nSPS) is 24.4. The predicted octanol–water partition coefficient (Wildman–Crippen LogP) is 1.84. The van der Waals surface area contributed by atoms with Gasteiger partial charge in [0.25, 0.3) is 0 Å². The minimum Gasteiger partial charge on any atom is -0.299 e. The fraction of sp³-hybridized carbons (Fsp3) is 0.562. The van der Waals surface area contributed by atoms with E-state index in [4.69, 9.17) is 0 Å². The molecule has 1 aliphatic heterocycles. The average Bonchev–Trinajstić information content (AvgIpc) is 3.14. The van der Waals surface area contributed by atoms with E-state index in [-0.39, 0.29) is 35.5 Å². The average molecular weight is 348 g/mol. The van der Waals surface area contributed by atoms with E-state index in [0.29, 0.717) is 24.4 Å². The van der Waals surface area contributed by atoms with Crippen LogP contribution in [-0.2, 0) is 14.4 Å². The summed E-state index contributed by atoms with van der Waals surface area (Å²) >= 11 is 1.20. The second-order valence-electron chi connectivity index (χ2n) is 6.58. The van der Waals surface area contributed by atoms with Gasteiger partial charge in [0.1, 0.15) is 11.6 Å². The van der Waals surface area contributed by atoms with E-state index in [2.05, 4.69) is 15.5 Å². The molecule has 3 atom stereocenters. The molecule has 1 fully saturated rings. The van der Waals surface area contributed by atoms with E-state index in [0.717, 1.165) is 0 Å². The van der Waals surface area contributed by atoms with Gasteiger partial charge in [0.15, 0.2) is 0 Å². The molecule has 0 radical (unpaired) electrons. The van der Waals surface area contributed by atoms with Crippen LogP contribution in [0.4, 0.5) is 5.13 Å². The number of hydrogen-bond acceptors (Lipinski definition) is 6. The Labute approximate surface area is 144 Å². The number of anilines is 1. The molecule has 0 aromatic carbocycles. The summed E-state index contributed by atoms with van der Waals surface area (Å²) in [5.74, 6) is -1.33. The van der Waals surface area contributed by atoms with Gasteiger partial charge in [-0.05, 0) is 25.2 Å². The quantitative estimate of drug-likeness (QED) is 0.647. The number of likely N-dealkylation sites (tertiary alicyclic amines) is 1. The van der Waals surface area contributed by atoms with Crippen LogP contribution in [0.2, 0.25) is 0 Å². The van der Waals surface area contributed by atoms with Gasteiger partial charge in [-0.1, -0.05) is 37.3 Å². The molecule has 1 N–H and O–H groups in total. The molecule has 0 saturated carbocycles. The molecule has 1 aromatic rings. The molecule has 128 valence electrons. The van der Waals surface area contributed by atoms with Crippen molar-refractivity contribution in [2.45, 2.75) is 39.2 Å². The van der Waals surface area contributed by atoms with E-state index < -0.39 is 6.04 Å². The molecule has 3 unspecified atom stereocenters. The van der Waals surface area contributed by atoms with Crippen molar-refractivity contribution in [3.8, 4) is 0 Å². The first-order valence-corrected chi connectivity index (χ1v) is 8.96. The van der Waals surface area contributed by atoms with Crippen LogP contribution in [0.3, 0.4) is 0 Å². The molecular formula is C16H20N4O3S. The Hall–Kier alpha value is -2.09. The number of amides is 3. The van der Waals surface area contributed by atoms with Gasteiger partial charge in [-0.25, -0.2) is 0 Å². The predicted molar refractivity (Wildman–Crippen MR) is 89.0 cm³/mol. The van der Waals surface area contributed by atoms with Gasteiger partial charge in [0, 0.05) is 0 Å². The van der Waals surface area contributed by atoms with Gasteiger partial charge in [-0.2, -0.15) is 0 Å². The summed E-state index contributed by atoms with van der Waals surface area (Å²) in [5.41, 5.74) is 1.51. The fourth-order valence-electron chi connectivity index (χ4n) is 3.33. The zero-order chi connectivity index (χ0) is 17.3. The smallest absolute Gasteiger partial charge is 0.249 e. The summed E-state index contributed by atoms with van der Waals surface area (Å²) in [6.07, 6.45) is 5.44. The van der Waals surface area contributed by atoms with Crippen LogP contribution < -0.4 is 5.32 Å². The molecule has 3 rings (SSSR count). The molecular weight excluding hydrogens is 328 g/mol. The molecule has 1 aliphatic carbocycles. The van der Waals surface area contributed by atoms with Gasteiger partial charge in [-0.15, -0.1) is 10.2 Å². The highest BCUT2D eigenvalue weighted by Gasteiger charge is 2.51. The van der Waals surface area contributed by atoms with E-state index in [9.17, 15) is 14.4 Å². The van der Waals surface area contributed by atoms with Crippen LogP contribution in [0.5, 0.6) is 0 Å². The number of fused-ring (bicyclic) bond motifs is 1. The highest BCUT2D eigenvalue weighted by Crippen LogP contribution is 2.37. The molecule has 3 amide bonds. The number of allylic oxidation sites excluding steroid dienone is 2. The number of nitrogens with zero attached hydrogens (tertiary/aromatic N) is 3. The van der Waals surface area contributed by atoms with E-state index >= 15 is 0 Å². The number of rotatable bonds is 5. The summed E-state index contributed by atoms with van der Waals surface area (Å²) in [6, 6.07) is -0.806. The minimum absolute atomic E-state index is 0.163. The largest absolute Gasteiger partial charge is 0.299 e. The summed E-state index contributed by atoms with van der Waals surface area (Å²) in [4.78, 5) is 39.4. The fourth-order valence-corrected chi connectivity index (χ4v) is 3.77. The van der Waals surface area contributed by atoms with Gasteiger partial charge >= 0.3 is 0 Å². The zero-order valence-corrected chi connectivity index (χ0v) is 14.5. The number of nitrogens with one attached hydrogen (secondary N) is 1. The first-order valence-electron chi connectivity index (χ1n) is 8.08. The lowest BCUT2D eigenvalue weighted by Crippen LogP contribution is -2.48. The number of imide groups is 1. The van der Waals surface area contributed by atoms with Crippen molar-refractivity contribution in [2.24, 2.45) is 17.8 Å². The lowest BCUT2D eigenvalue weighted by molar-refractivity contribution is -0.147. The lowest BCUT2D eigenvalue weighted by Gasteiger charge is -2.26. The van der Waals surface area contributed by atoms with Gasteiger partial charge in [-0.3, -0.25) is 24.6 Å². The van der Waals surface area contributed by atoms with Crippen molar-refractivity contribution in [1.29, 1.82) is 0 Å². The summed E-state index contributed by atoms with van der Waals surface area (Å²) in [5, 5.41) is 10.5. The molecule has 2 aliphatic rings. The molecule has 1 saturated heterocycles. The van der Waals surface area contributed by atoms with E-state index in [1.54, 1.807) is 0 Å². The Bertz CT molecular complexity index is 645. The van der Waals surface area contributed by atoms with Crippen molar-refractivity contribution in [1.82, 2.24) is 15.1 Å². The van der Waals surface area contributed by atoms with Crippen LogP contribution in [0.15, 0.2) is 17.7 Å². The van der Waals surface area contributed by atoms with Crippen molar-refractivity contribution < 1.29 is 14.4 Å². The third kappa shape index (κ3) is 3.10. The van der Waals surface area contributed by atoms with Crippen molar-refractivity contribution in [2.75, 3.05) is 5.32 Å². The van der Waals surface area contributed by atoms with Crippen LogP contribution in [0.1, 0.15) is 33.1 Å². The zero-order valence-electron chi connectivity index (χ0n) is 13.6. The first kappa shape index (κ1) is 16.8. The number of aromatic nitrogens is 2. The Kier molecular flexibility index (Phi) is 4.75. The van der Waals surface area contributed by atoms with Crippen LogP contribution in [0.25, 0.3) is 0 Å². The molecule has 0 spiro atoms. The summed E-state index contributed by atoms with van der Waals surface area (Å²) in [7, 11) is 0. The molecule has 0 bridgehead atoms. The lowest BCUT2D eigenvalue weighted by atomic mass is 9.85. The Morgan fingerprint density at radius 2 is 1.92 bits per heavy atom. The molecule has 2 heterocycles.